The quantitative estimate of drug-likeness (QED) is 0.502. The molecule has 33 heavy (non-hydrogen) atoms. The molecule has 170 valence electrons. The van der Waals surface area contributed by atoms with E-state index in [1.807, 2.05) is 32.0 Å². The molecule has 0 saturated heterocycles. The van der Waals surface area contributed by atoms with E-state index >= 15 is 0 Å². The molecule has 0 unspecified atom stereocenters. The summed E-state index contributed by atoms with van der Waals surface area (Å²) in [5.74, 6) is 1.16. The SMILES string of the molecule is CC(=O)OCCN1CCc2c(cccc2-c2noc(-c3ccc(OC(C)C)c(C#N)c3)n2)C1. The predicted molar refractivity (Wildman–Crippen MR) is 121 cm³/mol. The number of rotatable bonds is 7. The molecule has 8 heteroatoms. The summed E-state index contributed by atoms with van der Waals surface area (Å²) in [6, 6.07) is 13.5. The van der Waals surface area contributed by atoms with E-state index in [0.717, 1.165) is 25.1 Å². The molecule has 3 aromatic rings. The minimum atomic E-state index is -0.258. The van der Waals surface area contributed by atoms with E-state index in [2.05, 4.69) is 27.2 Å². The van der Waals surface area contributed by atoms with Gasteiger partial charge in [0.05, 0.1) is 11.7 Å². The Morgan fingerprint density at radius 2 is 2.15 bits per heavy atom. The third kappa shape index (κ3) is 5.21. The van der Waals surface area contributed by atoms with E-state index in [0.29, 0.717) is 41.7 Å². The number of benzene rings is 2. The second-order valence-corrected chi connectivity index (χ2v) is 8.22. The largest absolute Gasteiger partial charge is 0.490 e. The van der Waals surface area contributed by atoms with Crippen molar-refractivity contribution in [1.82, 2.24) is 15.0 Å². The number of nitriles is 1. The molecule has 0 atom stereocenters. The van der Waals surface area contributed by atoms with Crippen LogP contribution in [0.1, 0.15) is 37.5 Å². The zero-order valence-electron chi connectivity index (χ0n) is 19.0. The van der Waals surface area contributed by atoms with Crippen LogP contribution in [0.4, 0.5) is 0 Å². The Labute approximate surface area is 192 Å². The summed E-state index contributed by atoms with van der Waals surface area (Å²) in [6.45, 7) is 7.98. The lowest BCUT2D eigenvalue weighted by Crippen LogP contribution is -2.33. The smallest absolute Gasteiger partial charge is 0.302 e. The third-order valence-corrected chi connectivity index (χ3v) is 5.43. The zero-order chi connectivity index (χ0) is 23.4. The predicted octanol–water partition coefficient (Wildman–Crippen LogP) is 3.98. The summed E-state index contributed by atoms with van der Waals surface area (Å²) in [5, 5.41) is 13.7. The highest BCUT2D eigenvalue weighted by Crippen LogP contribution is 2.31. The number of carbonyl (C=O) groups is 1. The maximum atomic E-state index is 11.0. The Hall–Kier alpha value is -3.70. The number of hydrogen-bond donors (Lipinski definition) is 0. The molecule has 1 aliphatic rings. The first-order chi connectivity index (χ1) is 15.9. The maximum Gasteiger partial charge on any atom is 0.302 e. The lowest BCUT2D eigenvalue weighted by molar-refractivity contribution is -0.141. The van der Waals surface area contributed by atoms with Gasteiger partial charge in [-0.3, -0.25) is 9.69 Å². The fraction of sp³-hybridized carbons (Fsp3) is 0.360. The van der Waals surface area contributed by atoms with Gasteiger partial charge in [0, 0.05) is 37.7 Å². The van der Waals surface area contributed by atoms with Crippen molar-refractivity contribution < 1.29 is 18.8 Å². The number of hydrogen-bond acceptors (Lipinski definition) is 8. The minimum Gasteiger partial charge on any atom is -0.490 e. The van der Waals surface area contributed by atoms with Crippen molar-refractivity contribution in [2.45, 2.75) is 39.8 Å². The van der Waals surface area contributed by atoms with Crippen LogP contribution in [-0.4, -0.2) is 46.8 Å². The highest BCUT2D eigenvalue weighted by Gasteiger charge is 2.22. The van der Waals surface area contributed by atoms with Crippen LogP contribution < -0.4 is 4.74 Å². The number of fused-ring (bicyclic) bond motifs is 1. The summed E-state index contributed by atoms with van der Waals surface area (Å²) in [5.41, 5.74) is 4.44. The summed E-state index contributed by atoms with van der Waals surface area (Å²) >= 11 is 0. The number of carbonyl (C=O) groups excluding carboxylic acids is 1. The second kappa shape index (κ2) is 9.84. The minimum absolute atomic E-state index is 0.0280. The van der Waals surface area contributed by atoms with Crippen molar-refractivity contribution in [3.63, 3.8) is 0 Å². The van der Waals surface area contributed by atoms with Crippen LogP contribution in [-0.2, 0) is 22.5 Å². The molecule has 2 aromatic carbocycles. The highest BCUT2D eigenvalue weighted by atomic mass is 16.5. The molecule has 4 rings (SSSR count). The van der Waals surface area contributed by atoms with Crippen LogP contribution in [0.25, 0.3) is 22.8 Å². The van der Waals surface area contributed by atoms with Crippen LogP contribution in [0.3, 0.4) is 0 Å². The van der Waals surface area contributed by atoms with Gasteiger partial charge in [0.2, 0.25) is 5.82 Å². The molecule has 1 aliphatic heterocycles. The Balaban J connectivity index is 1.54. The average molecular weight is 447 g/mol. The molecular weight excluding hydrogens is 420 g/mol. The number of ether oxygens (including phenoxy) is 2. The summed E-state index contributed by atoms with van der Waals surface area (Å²) < 4.78 is 16.3. The molecule has 0 fully saturated rings. The van der Waals surface area contributed by atoms with Crippen molar-refractivity contribution in [2.75, 3.05) is 19.7 Å². The molecule has 0 bridgehead atoms. The lowest BCUT2D eigenvalue weighted by Gasteiger charge is -2.29. The molecule has 2 heterocycles. The van der Waals surface area contributed by atoms with Crippen LogP contribution in [0, 0.1) is 11.3 Å². The first kappa shape index (κ1) is 22.5. The standard InChI is InChI=1S/C25H26N4O4/c1-16(2)32-23-8-7-18(13-20(23)14-26)25-27-24(28-33-25)22-6-4-5-19-15-29(10-9-21(19)22)11-12-31-17(3)30/h4-8,13,16H,9-12,15H2,1-3H3. The van der Waals surface area contributed by atoms with Gasteiger partial charge in [-0.1, -0.05) is 23.4 Å². The zero-order valence-corrected chi connectivity index (χ0v) is 19.0. The van der Waals surface area contributed by atoms with Gasteiger partial charge in [0.1, 0.15) is 18.4 Å². The molecule has 1 aromatic heterocycles. The van der Waals surface area contributed by atoms with E-state index in [4.69, 9.17) is 14.0 Å². The van der Waals surface area contributed by atoms with Crippen molar-refractivity contribution >= 4 is 5.97 Å². The van der Waals surface area contributed by atoms with Gasteiger partial charge in [0.15, 0.2) is 0 Å². The molecule has 0 saturated carbocycles. The third-order valence-electron chi connectivity index (χ3n) is 5.43. The molecule has 0 spiro atoms. The van der Waals surface area contributed by atoms with Gasteiger partial charge in [-0.15, -0.1) is 0 Å². The van der Waals surface area contributed by atoms with Gasteiger partial charge >= 0.3 is 5.97 Å². The molecule has 0 N–H and O–H groups in total. The van der Waals surface area contributed by atoms with E-state index in [1.165, 1.54) is 18.1 Å². The van der Waals surface area contributed by atoms with Gasteiger partial charge in [-0.05, 0) is 49.6 Å². The number of esters is 1. The Morgan fingerprint density at radius 3 is 2.91 bits per heavy atom. The second-order valence-electron chi connectivity index (χ2n) is 8.22. The van der Waals surface area contributed by atoms with Crippen LogP contribution in [0.5, 0.6) is 5.75 Å². The molecule has 0 radical (unpaired) electrons. The van der Waals surface area contributed by atoms with Gasteiger partial charge < -0.3 is 14.0 Å². The fourth-order valence-electron chi connectivity index (χ4n) is 3.94. The van der Waals surface area contributed by atoms with E-state index in [9.17, 15) is 10.1 Å². The molecule has 8 nitrogen and oxygen atoms in total. The first-order valence-electron chi connectivity index (χ1n) is 11.0. The van der Waals surface area contributed by atoms with Crippen molar-refractivity contribution in [2.24, 2.45) is 0 Å². The number of aromatic nitrogens is 2. The van der Waals surface area contributed by atoms with Crippen molar-refractivity contribution in [3.8, 4) is 34.7 Å². The van der Waals surface area contributed by atoms with E-state index < -0.39 is 0 Å². The van der Waals surface area contributed by atoms with Crippen molar-refractivity contribution in [1.29, 1.82) is 5.26 Å². The van der Waals surface area contributed by atoms with Crippen LogP contribution in [0.15, 0.2) is 40.9 Å². The topological polar surface area (TPSA) is 101 Å². The molecule has 0 aliphatic carbocycles. The first-order valence-corrected chi connectivity index (χ1v) is 11.0. The van der Waals surface area contributed by atoms with Gasteiger partial charge in [0.25, 0.3) is 5.89 Å². The van der Waals surface area contributed by atoms with Gasteiger partial charge in [-0.2, -0.15) is 10.2 Å². The Morgan fingerprint density at radius 1 is 1.30 bits per heavy atom. The van der Waals surface area contributed by atoms with E-state index in [1.54, 1.807) is 12.1 Å². The average Bonchev–Trinajstić information content (AvgIpc) is 3.28. The summed E-state index contributed by atoms with van der Waals surface area (Å²) in [6.07, 6.45) is 0.815. The van der Waals surface area contributed by atoms with Crippen molar-refractivity contribution in [3.05, 3.63) is 53.1 Å². The summed E-state index contributed by atoms with van der Waals surface area (Å²) in [7, 11) is 0. The Bertz CT molecular complexity index is 1200. The molecular formula is C25H26N4O4. The highest BCUT2D eigenvalue weighted by molar-refractivity contribution is 5.67. The molecule has 0 amide bonds. The Kier molecular flexibility index (Phi) is 6.71. The van der Waals surface area contributed by atoms with E-state index in [-0.39, 0.29) is 12.1 Å². The van der Waals surface area contributed by atoms with Gasteiger partial charge in [-0.25, -0.2) is 0 Å². The fourth-order valence-corrected chi connectivity index (χ4v) is 3.94. The van der Waals surface area contributed by atoms with Crippen LogP contribution >= 0.6 is 0 Å². The maximum absolute atomic E-state index is 11.0. The van der Waals surface area contributed by atoms with Crippen LogP contribution in [0.2, 0.25) is 0 Å². The summed E-state index contributed by atoms with van der Waals surface area (Å²) in [4.78, 5) is 17.9. The lowest BCUT2D eigenvalue weighted by atomic mass is 9.94. The normalized spacial score (nSPS) is 13.4. The monoisotopic (exact) mass is 446 g/mol. The number of nitrogens with zero attached hydrogens (tertiary/aromatic N) is 4.